The van der Waals surface area contributed by atoms with E-state index in [1.54, 1.807) is 6.07 Å². The van der Waals surface area contributed by atoms with Crippen LogP contribution < -0.4 is 5.32 Å². The number of hydrogen-bond acceptors (Lipinski definition) is 2. The molecule has 4 heteroatoms. The van der Waals surface area contributed by atoms with Crippen molar-refractivity contribution < 1.29 is 4.79 Å². The van der Waals surface area contributed by atoms with Gasteiger partial charge in [0.05, 0.1) is 6.42 Å². The fourth-order valence-electron chi connectivity index (χ4n) is 0.762. The second-order valence-corrected chi connectivity index (χ2v) is 2.37. The molecule has 0 aliphatic heterocycles. The minimum absolute atomic E-state index is 0.0753. The number of hydrogen-bond donors (Lipinski definition) is 2. The van der Waals surface area contributed by atoms with Gasteiger partial charge in [0.2, 0.25) is 5.91 Å². The van der Waals surface area contributed by atoms with E-state index in [2.05, 4.69) is 21.4 Å². The molecule has 1 amide bonds. The van der Waals surface area contributed by atoms with Crippen molar-refractivity contribution in [2.75, 3.05) is 5.32 Å². The van der Waals surface area contributed by atoms with E-state index in [0.717, 1.165) is 5.69 Å². The number of terminal acetylenes is 1. The van der Waals surface area contributed by atoms with Crippen LogP contribution in [0.25, 0.3) is 0 Å². The standard InChI is InChI=1S/C8H9N3O/c1-3-4-8(12)9-7-5-6(2)10-11-7/h1,5H,4H2,2H3,(H2,9,10,11,12). The molecule has 4 nitrogen and oxygen atoms in total. The molecule has 1 rings (SSSR count). The van der Waals surface area contributed by atoms with Crippen LogP contribution in [-0.4, -0.2) is 16.1 Å². The SMILES string of the molecule is C#CCC(=O)Nc1cc(C)[nH]n1. The first-order valence-corrected chi connectivity index (χ1v) is 3.47. The van der Waals surface area contributed by atoms with Gasteiger partial charge in [-0.05, 0) is 6.92 Å². The average Bonchev–Trinajstić information content (AvgIpc) is 2.36. The molecule has 0 fully saturated rings. The van der Waals surface area contributed by atoms with Crippen LogP contribution in [0, 0.1) is 19.3 Å². The third kappa shape index (κ3) is 2.13. The minimum Gasteiger partial charge on any atom is -0.308 e. The summed E-state index contributed by atoms with van der Waals surface area (Å²) < 4.78 is 0. The fraction of sp³-hybridized carbons (Fsp3) is 0.250. The minimum atomic E-state index is -0.219. The van der Waals surface area contributed by atoms with Crippen LogP contribution >= 0.6 is 0 Å². The maximum absolute atomic E-state index is 10.9. The number of carbonyl (C=O) groups excluding carboxylic acids is 1. The normalized spacial score (nSPS) is 9.00. The molecule has 0 aliphatic rings. The Morgan fingerprint density at radius 1 is 1.92 bits per heavy atom. The van der Waals surface area contributed by atoms with Crippen molar-refractivity contribution in [3.05, 3.63) is 11.8 Å². The molecule has 0 aromatic carbocycles. The Morgan fingerprint density at radius 2 is 2.67 bits per heavy atom. The predicted molar refractivity (Wildman–Crippen MR) is 45.4 cm³/mol. The molecule has 1 aromatic heterocycles. The van der Waals surface area contributed by atoms with Crippen molar-refractivity contribution in [2.24, 2.45) is 0 Å². The lowest BCUT2D eigenvalue weighted by Gasteiger charge is -1.94. The summed E-state index contributed by atoms with van der Waals surface area (Å²) in [5.74, 6) is 2.53. The topological polar surface area (TPSA) is 57.8 Å². The number of rotatable bonds is 2. The molecule has 62 valence electrons. The average molecular weight is 163 g/mol. The number of aromatic amines is 1. The zero-order valence-electron chi connectivity index (χ0n) is 6.72. The summed E-state index contributed by atoms with van der Waals surface area (Å²) in [5, 5.41) is 9.05. The number of nitrogens with one attached hydrogen (secondary N) is 2. The monoisotopic (exact) mass is 163 g/mol. The molecule has 0 atom stereocenters. The summed E-state index contributed by atoms with van der Waals surface area (Å²) in [6.45, 7) is 1.85. The highest BCUT2D eigenvalue weighted by molar-refractivity contribution is 5.91. The second-order valence-electron chi connectivity index (χ2n) is 2.37. The van der Waals surface area contributed by atoms with E-state index in [1.807, 2.05) is 6.92 Å². The van der Waals surface area contributed by atoms with Crippen molar-refractivity contribution in [3.63, 3.8) is 0 Å². The third-order valence-electron chi connectivity index (χ3n) is 1.24. The van der Waals surface area contributed by atoms with Crippen LogP contribution in [0.4, 0.5) is 5.82 Å². The van der Waals surface area contributed by atoms with Crippen LogP contribution in [-0.2, 0) is 4.79 Å². The highest BCUT2D eigenvalue weighted by Crippen LogP contribution is 2.03. The van der Waals surface area contributed by atoms with Gasteiger partial charge in [0.15, 0.2) is 5.82 Å². The zero-order valence-corrected chi connectivity index (χ0v) is 6.72. The lowest BCUT2D eigenvalue weighted by Crippen LogP contribution is -2.10. The molecule has 1 aromatic rings. The van der Waals surface area contributed by atoms with E-state index < -0.39 is 0 Å². The van der Waals surface area contributed by atoms with Crippen molar-refractivity contribution in [2.45, 2.75) is 13.3 Å². The first-order chi connectivity index (χ1) is 5.72. The predicted octanol–water partition coefficient (Wildman–Crippen LogP) is 0.680. The van der Waals surface area contributed by atoms with Gasteiger partial charge < -0.3 is 5.32 Å². The number of anilines is 1. The van der Waals surface area contributed by atoms with E-state index >= 15 is 0 Å². The van der Waals surface area contributed by atoms with Gasteiger partial charge in [-0.15, -0.1) is 6.42 Å². The molecular weight excluding hydrogens is 154 g/mol. The lowest BCUT2D eigenvalue weighted by molar-refractivity contribution is -0.115. The molecule has 0 bridgehead atoms. The highest BCUT2D eigenvalue weighted by Gasteiger charge is 2.01. The molecular formula is C8H9N3O. The Hall–Kier alpha value is -1.76. The summed E-state index contributed by atoms with van der Waals surface area (Å²) >= 11 is 0. The Labute approximate surface area is 70.4 Å². The summed E-state index contributed by atoms with van der Waals surface area (Å²) in [4.78, 5) is 10.9. The molecule has 0 spiro atoms. The van der Waals surface area contributed by atoms with Gasteiger partial charge in [-0.25, -0.2) is 0 Å². The van der Waals surface area contributed by atoms with Gasteiger partial charge in [0.1, 0.15) is 0 Å². The van der Waals surface area contributed by atoms with Crippen molar-refractivity contribution in [1.82, 2.24) is 10.2 Å². The van der Waals surface area contributed by atoms with Gasteiger partial charge in [-0.3, -0.25) is 9.89 Å². The van der Waals surface area contributed by atoms with Crippen molar-refractivity contribution in [3.8, 4) is 12.3 Å². The fourth-order valence-corrected chi connectivity index (χ4v) is 0.762. The highest BCUT2D eigenvalue weighted by atomic mass is 16.1. The number of amides is 1. The van der Waals surface area contributed by atoms with E-state index in [1.165, 1.54) is 0 Å². The van der Waals surface area contributed by atoms with E-state index in [0.29, 0.717) is 5.82 Å². The molecule has 0 saturated heterocycles. The first-order valence-electron chi connectivity index (χ1n) is 3.47. The lowest BCUT2D eigenvalue weighted by atomic mass is 10.4. The van der Waals surface area contributed by atoms with E-state index in [4.69, 9.17) is 6.42 Å². The van der Waals surface area contributed by atoms with Gasteiger partial charge in [-0.1, -0.05) is 5.92 Å². The van der Waals surface area contributed by atoms with E-state index in [9.17, 15) is 4.79 Å². The summed E-state index contributed by atoms with van der Waals surface area (Å²) in [7, 11) is 0. The van der Waals surface area contributed by atoms with Gasteiger partial charge in [0, 0.05) is 11.8 Å². The Kier molecular flexibility index (Phi) is 2.49. The Morgan fingerprint density at radius 3 is 3.17 bits per heavy atom. The summed E-state index contributed by atoms with van der Waals surface area (Å²) in [5.41, 5.74) is 0.894. The molecule has 0 saturated carbocycles. The number of aromatic nitrogens is 2. The quantitative estimate of drug-likeness (QED) is 0.630. The number of aryl methyl sites for hydroxylation is 1. The van der Waals surface area contributed by atoms with Crippen LogP contribution in [0.1, 0.15) is 12.1 Å². The first kappa shape index (κ1) is 8.34. The zero-order chi connectivity index (χ0) is 8.97. The van der Waals surface area contributed by atoms with E-state index in [-0.39, 0.29) is 12.3 Å². The number of nitrogens with zero attached hydrogens (tertiary/aromatic N) is 1. The van der Waals surface area contributed by atoms with Gasteiger partial charge in [0.25, 0.3) is 0 Å². The molecule has 1 heterocycles. The largest absolute Gasteiger partial charge is 0.308 e. The molecule has 12 heavy (non-hydrogen) atoms. The second kappa shape index (κ2) is 3.58. The van der Waals surface area contributed by atoms with Crippen LogP contribution in [0.3, 0.4) is 0 Å². The smallest absolute Gasteiger partial charge is 0.237 e. The van der Waals surface area contributed by atoms with Crippen LogP contribution in [0.15, 0.2) is 6.07 Å². The third-order valence-corrected chi connectivity index (χ3v) is 1.24. The number of H-pyrrole nitrogens is 1. The van der Waals surface area contributed by atoms with Gasteiger partial charge >= 0.3 is 0 Å². The molecule has 0 radical (unpaired) electrons. The maximum atomic E-state index is 10.9. The Balaban J connectivity index is 2.53. The van der Waals surface area contributed by atoms with Gasteiger partial charge in [-0.2, -0.15) is 5.10 Å². The number of carbonyl (C=O) groups is 1. The molecule has 0 unspecified atom stereocenters. The van der Waals surface area contributed by atoms with Crippen LogP contribution in [0.2, 0.25) is 0 Å². The molecule has 2 N–H and O–H groups in total. The summed E-state index contributed by atoms with van der Waals surface area (Å²) in [6, 6.07) is 1.73. The maximum Gasteiger partial charge on any atom is 0.237 e. The Bertz CT molecular complexity index is 321. The van der Waals surface area contributed by atoms with Crippen molar-refractivity contribution >= 4 is 11.7 Å². The van der Waals surface area contributed by atoms with Crippen molar-refractivity contribution in [1.29, 1.82) is 0 Å². The van der Waals surface area contributed by atoms with Crippen LogP contribution in [0.5, 0.6) is 0 Å². The summed E-state index contributed by atoms with van der Waals surface area (Å²) in [6.07, 6.45) is 5.02. The molecule has 0 aliphatic carbocycles.